The standard InChI is InChI=1S/C35H39NO12/c1-19(37)44-27-25-26(46-29(39)20-8-9-24(38)36(7)16-20)28(47-31(41)22-12-15-43-18-22)34(6)23(45-30(40)21-11-14-42-17-21)10-13-32(2,3)35(27,34)48-33(25,4)5/h8-9,11-12,14-18,23,25-28H,10,13H2,1-7H3. The molecule has 0 radical (unpaired) electrons. The van der Waals surface area contributed by atoms with Gasteiger partial charge in [-0.15, -0.1) is 0 Å². The highest BCUT2D eigenvalue weighted by molar-refractivity contribution is 5.90. The second-order valence-electron chi connectivity index (χ2n) is 14.2. The van der Waals surface area contributed by atoms with Gasteiger partial charge in [0.2, 0.25) is 5.56 Å². The summed E-state index contributed by atoms with van der Waals surface area (Å²) < 4.78 is 43.7. The first-order chi connectivity index (χ1) is 22.5. The van der Waals surface area contributed by atoms with Crippen molar-refractivity contribution in [3.8, 4) is 0 Å². The van der Waals surface area contributed by atoms with Gasteiger partial charge in [-0.1, -0.05) is 13.8 Å². The molecule has 6 rings (SSSR count). The van der Waals surface area contributed by atoms with Gasteiger partial charge >= 0.3 is 23.9 Å². The summed E-state index contributed by atoms with van der Waals surface area (Å²) in [7, 11) is 1.50. The number of carbonyl (C=O) groups excluding carboxylic acids is 4. The fraction of sp³-hybridized carbons (Fsp3) is 0.514. The molecule has 13 nitrogen and oxygen atoms in total. The molecule has 1 saturated heterocycles. The van der Waals surface area contributed by atoms with Crippen molar-refractivity contribution in [1.29, 1.82) is 0 Å². The normalized spacial score (nSPS) is 31.3. The van der Waals surface area contributed by atoms with Gasteiger partial charge in [0.1, 0.15) is 36.4 Å². The lowest BCUT2D eigenvalue weighted by atomic mass is 9.44. The molecular weight excluding hydrogens is 626 g/mol. The Morgan fingerprint density at radius 1 is 0.792 bits per heavy atom. The molecule has 2 aliphatic carbocycles. The number of aromatic nitrogens is 1. The molecule has 3 fully saturated rings. The van der Waals surface area contributed by atoms with E-state index < -0.39 is 76.2 Å². The van der Waals surface area contributed by atoms with Gasteiger partial charge in [0.15, 0.2) is 6.10 Å². The summed E-state index contributed by atoms with van der Waals surface area (Å²) in [5.41, 5.74) is -4.83. The van der Waals surface area contributed by atoms with Gasteiger partial charge in [-0.05, 0) is 57.2 Å². The van der Waals surface area contributed by atoms with E-state index >= 15 is 0 Å². The summed E-state index contributed by atoms with van der Waals surface area (Å²) in [5.74, 6) is -3.75. The molecule has 48 heavy (non-hydrogen) atoms. The highest BCUT2D eigenvalue weighted by Gasteiger charge is 2.84. The van der Waals surface area contributed by atoms with E-state index in [0.717, 1.165) is 0 Å². The average molecular weight is 666 g/mol. The van der Waals surface area contributed by atoms with Gasteiger partial charge in [0, 0.05) is 26.2 Å². The van der Waals surface area contributed by atoms with E-state index in [9.17, 15) is 24.0 Å². The Hall–Kier alpha value is -4.65. The molecule has 1 spiro atoms. The molecule has 2 saturated carbocycles. The number of fused-ring (bicyclic) bond motifs is 1. The lowest BCUT2D eigenvalue weighted by Gasteiger charge is -2.66. The number of pyridine rings is 1. The van der Waals surface area contributed by atoms with Crippen LogP contribution in [0.15, 0.2) is 69.1 Å². The molecule has 0 N–H and O–H groups in total. The molecule has 2 bridgehead atoms. The van der Waals surface area contributed by atoms with Crippen molar-refractivity contribution in [2.24, 2.45) is 23.8 Å². The van der Waals surface area contributed by atoms with Gasteiger partial charge in [-0.25, -0.2) is 14.4 Å². The number of ether oxygens (including phenoxy) is 5. The SMILES string of the molecule is CC(=O)OC1C2C(OC(=O)c3ccc(=O)n(C)c3)C(OC(=O)c3ccoc3)C3(C)C(OC(=O)c4ccoc4)CCC(C)(C)C13OC2(C)C. The zero-order valence-electron chi connectivity index (χ0n) is 27.8. The number of carbonyl (C=O) groups is 4. The van der Waals surface area contributed by atoms with Crippen LogP contribution in [0.5, 0.6) is 0 Å². The van der Waals surface area contributed by atoms with Crippen molar-refractivity contribution < 1.29 is 51.7 Å². The monoisotopic (exact) mass is 665 g/mol. The molecule has 256 valence electrons. The first-order valence-electron chi connectivity index (χ1n) is 15.7. The van der Waals surface area contributed by atoms with Crippen molar-refractivity contribution in [3.63, 3.8) is 0 Å². The molecule has 0 aromatic carbocycles. The van der Waals surface area contributed by atoms with Crippen LogP contribution in [0.25, 0.3) is 0 Å². The minimum Gasteiger partial charge on any atom is -0.472 e. The summed E-state index contributed by atoms with van der Waals surface area (Å²) in [6, 6.07) is 5.48. The number of aryl methyl sites for hydroxylation is 1. The summed E-state index contributed by atoms with van der Waals surface area (Å²) in [4.78, 5) is 66.2. The summed E-state index contributed by atoms with van der Waals surface area (Å²) >= 11 is 0. The van der Waals surface area contributed by atoms with Gasteiger partial charge < -0.3 is 37.1 Å². The lowest BCUT2D eigenvalue weighted by molar-refractivity contribution is -0.316. The number of furan rings is 2. The Balaban J connectivity index is 1.57. The molecule has 7 unspecified atom stereocenters. The number of hydrogen-bond donors (Lipinski definition) is 0. The molecule has 4 heterocycles. The fourth-order valence-corrected chi connectivity index (χ4v) is 8.43. The van der Waals surface area contributed by atoms with E-state index in [0.29, 0.717) is 12.8 Å². The highest BCUT2D eigenvalue weighted by Crippen LogP contribution is 2.71. The maximum absolute atomic E-state index is 13.9. The van der Waals surface area contributed by atoms with E-state index in [1.807, 2.05) is 13.8 Å². The minimum atomic E-state index is -1.49. The summed E-state index contributed by atoms with van der Waals surface area (Å²) in [6.07, 6.45) is 2.62. The maximum Gasteiger partial charge on any atom is 0.341 e. The lowest BCUT2D eigenvalue weighted by Crippen LogP contribution is -2.79. The molecule has 7 atom stereocenters. The van der Waals surface area contributed by atoms with Crippen molar-refractivity contribution >= 4 is 23.9 Å². The van der Waals surface area contributed by atoms with Gasteiger partial charge in [0.05, 0.1) is 46.2 Å². The zero-order chi connectivity index (χ0) is 34.8. The van der Waals surface area contributed by atoms with Gasteiger partial charge in [0.25, 0.3) is 0 Å². The summed E-state index contributed by atoms with van der Waals surface area (Å²) in [5, 5.41) is 0. The molecule has 3 aliphatic rings. The zero-order valence-corrected chi connectivity index (χ0v) is 27.8. The van der Waals surface area contributed by atoms with Crippen LogP contribution < -0.4 is 5.56 Å². The number of nitrogens with zero attached hydrogens (tertiary/aromatic N) is 1. The largest absolute Gasteiger partial charge is 0.472 e. The van der Waals surface area contributed by atoms with E-state index in [-0.39, 0.29) is 22.2 Å². The second-order valence-corrected chi connectivity index (χ2v) is 14.2. The smallest absolute Gasteiger partial charge is 0.341 e. The predicted octanol–water partition coefficient (Wildman–Crippen LogP) is 4.48. The van der Waals surface area contributed by atoms with E-state index in [1.54, 1.807) is 20.8 Å². The van der Waals surface area contributed by atoms with Crippen LogP contribution in [0.4, 0.5) is 0 Å². The van der Waals surface area contributed by atoms with Crippen LogP contribution in [0.2, 0.25) is 0 Å². The first kappa shape index (κ1) is 33.3. The third-order valence-electron chi connectivity index (χ3n) is 10.6. The Morgan fingerprint density at radius 2 is 1.40 bits per heavy atom. The van der Waals surface area contributed by atoms with Gasteiger partial charge in [-0.3, -0.25) is 9.59 Å². The van der Waals surface area contributed by atoms with Crippen LogP contribution in [-0.4, -0.2) is 64.1 Å². The quantitative estimate of drug-likeness (QED) is 0.257. The number of hydrogen-bond acceptors (Lipinski definition) is 12. The van der Waals surface area contributed by atoms with Crippen molar-refractivity contribution in [3.05, 3.63) is 82.6 Å². The second kappa shape index (κ2) is 11.5. The highest BCUT2D eigenvalue weighted by atomic mass is 16.6. The Kier molecular flexibility index (Phi) is 7.97. The molecule has 3 aromatic heterocycles. The van der Waals surface area contributed by atoms with Crippen molar-refractivity contribution in [1.82, 2.24) is 4.57 Å². The van der Waals surface area contributed by atoms with E-state index in [2.05, 4.69) is 0 Å². The third-order valence-corrected chi connectivity index (χ3v) is 10.6. The van der Waals surface area contributed by atoms with Crippen LogP contribution in [-0.2, 0) is 35.5 Å². The van der Waals surface area contributed by atoms with Crippen LogP contribution in [0.3, 0.4) is 0 Å². The van der Waals surface area contributed by atoms with Crippen LogP contribution >= 0.6 is 0 Å². The molecule has 0 amide bonds. The Bertz CT molecular complexity index is 1790. The van der Waals surface area contributed by atoms with Crippen LogP contribution in [0, 0.1) is 16.7 Å². The van der Waals surface area contributed by atoms with Crippen molar-refractivity contribution in [2.45, 2.75) is 90.0 Å². The number of rotatable bonds is 7. The fourth-order valence-electron chi connectivity index (χ4n) is 8.43. The average Bonchev–Trinajstić information content (AvgIpc) is 3.77. The first-order valence-corrected chi connectivity index (χ1v) is 15.7. The number of esters is 4. The molecule has 1 aliphatic heterocycles. The topological polar surface area (TPSA) is 163 Å². The van der Waals surface area contributed by atoms with E-state index in [4.69, 9.17) is 32.5 Å². The predicted molar refractivity (Wildman–Crippen MR) is 165 cm³/mol. The Morgan fingerprint density at radius 3 is 1.96 bits per heavy atom. The third kappa shape index (κ3) is 4.97. The molecule has 13 heteroatoms. The van der Waals surface area contributed by atoms with Crippen LogP contribution in [0.1, 0.15) is 85.5 Å². The Labute approximate surface area is 276 Å². The molecule has 3 aromatic rings. The molecular formula is C35H39NO12. The minimum absolute atomic E-state index is 0.0617. The van der Waals surface area contributed by atoms with E-state index in [1.165, 1.54) is 74.1 Å². The maximum atomic E-state index is 13.9. The van der Waals surface area contributed by atoms with Gasteiger partial charge in [-0.2, -0.15) is 0 Å². The summed E-state index contributed by atoms with van der Waals surface area (Å²) in [6.45, 7) is 10.6. The van der Waals surface area contributed by atoms with Crippen molar-refractivity contribution in [2.75, 3.05) is 0 Å².